The predicted octanol–water partition coefficient (Wildman–Crippen LogP) is 3.43. The fourth-order valence-corrected chi connectivity index (χ4v) is 1.62. The summed E-state index contributed by atoms with van der Waals surface area (Å²) in [5.41, 5.74) is -0.367. The van der Waals surface area contributed by atoms with Crippen molar-refractivity contribution in [3.8, 4) is 0 Å². The third-order valence-corrected chi connectivity index (χ3v) is 2.52. The predicted molar refractivity (Wildman–Crippen MR) is 62.7 cm³/mol. The fourth-order valence-electron chi connectivity index (χ4n) is 1.62. The molecule has 0 aliphatic heterocycles. The van der Waals surface area contributed by atoms with E-state index in [0.29, 0.717) is 5.39 Å². The van der Waals surface area contributed by atoms with E-state index in [0.717, 1.165) is 12.1 Å². The number of pyridine rings is 1. The maximum Gasteiger partial charge on any atom is 0.416 e. The van der Waals surface area contributed by atoms with Crippen LogP contribution in [0.15, 0.2) is 30.5 Å². The zero-order valence-corrected chi connectivity index (χ0v) is 9.99. The van der Waals surface area contributed by atoms with E-state index in [4.69, 9.17) is 4.74 Å². The van der Waals surface area contributed by atoms with Crippen molar-refractivity contribution in [2.24, 2.45) is 0 Å². The summed E-state index contributed by atoms with van der Waals surface area (Å²) in [6, 6.07) is 4.65. The van der Waals surface area contributed by atoms with E-state index in [2.05, 4.69) is 4.98 Å². The molecule has 0 unspecified atom stereocenters. The molecule has 3 nitrogen and oxygen atoms in total. The molecule has 0 saturated heterocycles. The summed E-state index contributed by atoms with van der Waals surface area (Å²) in [4.78, 5) is 15.3. The first-order valence-corrected chi connectivity index (χ1v) is 5.56. The standard InChI is InChI=1S/C13H10F3NO2/c1-2-19-12(18)9-5-8-3-4-10(13(14,15)16)6-11(8)17-7-9/h3-7H,2H2,1H3. The van der Waals surface area contributed by atoms with E-state index in [9.17, 15) is 18.0 Å². The number of esters is 1. The summed E-state index contributed by atoms with van der Waals surface area (Å²) in [5.74, 6) is -0.545. The number of carbonyl (C=O) groups excluding carboxylic acids is 1. The molecule has 0 aliphatic rings. The van der Waals surface area contributed by atoms with Crippen molar-refractivity contribution in [3.63, 3.8) is 0 Å². The van der Waals surface area contributed by atoms with Gasteiger partial charge in [-0.1, -0.05) is 6.07 Å². The lowest BCUT2D eigenvalue weighted by Gasteiger charge is -2.08. The maximum atomic E-state index is 12.5. The van der Waals surface area contributed by atoms with E-state index >= 15 is 0 Å². The number of halogens is 3. The van der Waals surface area contributed by atoms with E-state index < -0.39 is 17.7 Å². The third-order valence-electron chi connectivity index (χ3n) is 2.52. The molecule has 0 atom stereocenters. The van der Waals surface area contributed by atoms with Gasteiger partial charge in [0.15, 0.2) is 0 Å². The molecule has 0 bridgehead atoms. The van der Waals surface area contributed by atoms with Gasteiger partial charge in [0.05, 0.1) is 23.3 Å². The minimum absolute atomic E-state index is 0.183. The van der Waals surface area contributed by atoms with Crippen molar-refractivity contribution in [1.82, 2.24) is 4.98 Å². The van der Waals surface area contributed by atoms with Gasteiger partial charge < -0.3 is 4.74 Å². The van der Waals surface area contributed by atoms with Gasteiger partial charge in [-0.3, -0.25) is 4.98 Å². The van der Waals surface area contributed by atoms with E-state index in [1.54, 1.807) is 6.92 Å². The molecule has 19 heavy (non-hydrogen) atoms. The van der Waals surface area contributed by atoms with Gasteiger partial charge >= 0.3 is 12.1 Å². The van der Waals surface area contributed by atoms with Crippen LogP contribution in [0.1, 0.15) is 22.8 Å². The third kappa shape index (κ3) is 2.83. The maximum absolute atomic E-state index is 12.5. The van der Waals surface area contributed by atoms with Gasteiger partial charge in [0.25, 0.3) is 0 Å². The van der Waals surface area contributed by atoms with E-state index in [1.165, 1.54) is 18.3 Å². The van der Waals surface area contributed by atoms with Gasteiger partial charge in [-0.25, -0.2) is 4.79 Å². The molecule has 0 spiro atoms. The molecule has 0 fully saturated rings. The summed E-state index contributed by atoms with van der Waals surface area (Å²) in [5, 5.41) is 0.457. The highest BCUT2D eigenvalue weighted by Gasteiger charge is 2.30. The van der Waals surface area contributed by atoms with Crippen LogP contribution in [0.3, 0.4) is 0 Å². The monoisotopic (exact) mass is 269 g/mol. The number of alkyl halides is 3. The van der Waals surface area contributed by atoms with Crippen LogP contribution in [-0.4, -0.2) is 17.6 Å². The van der Waals surface area contributed by atoms with Crippen molar-refractivity contribution in [1.29, 1.82) is 0 Å². The molecule has 2 rings (SSSR count). The Morgan fingerprint density at radius 2 is 2.05 bits per heavy atom. The normalized spacial score (nSPS) is 11.6. The average molecular weight is 269 g/mol. The van der Waals surface area contributed by atoms with Crippen LogP contribution in [0.2, 0.25) is 0 Å². The number of ether oxygens (including phenoxy) is 1. The van der Waals surface area contributed by atoms with Gasteiger partial charge in [-0.2, -0.15) is 13.2 Å². The smallest absolute Gasteiger partial charge is 0.416 e. The second-order valence-electron chi connectivity index (χ2n) is 3.85. The molecule has 1 aromatic carbocycles. The molecule has 1 aromatic heterocycles. The Kier molecular flexibility index (Phi) is 3.42. The Bertz CT molecular complexity index is 623. The molecule has 0 saturated carbocycles. The molecule has 100 valence electrons. The van der Waals surface area contributed by atoms with Crippen LogP contribution in [0.25, 0.3) is 10.9 Å². The zero-order chi connectivity index (χ0) is 14.0. The lowest BCUT2D eigenvalue weighted by Crippen LogP contribution is -2.06. The number of carbonyl (C=O) groups is 1. The van der Waals surface area contributed by atoms with E-state index in [1.807, 2.05) is 0 Å². The van der Waals surface area contributed by atoms with Crippen molar-refractivity contribution < 1.29 is 22.7 Å². The van der Waals surface area contributed by atoms with Crippen LogP contribution in [-0.2, 0) is 10.9 Å². The van der Waals surface area contributed by atoms with Gasteiger partial charge in [0.2, 0.25) is 0 Å². The first-order valence-electron chi connectivity index (χ1n) is 5.56. The molecule has 0 N–H and O–H groups in total. The van der Waals surface area contributed by atoms with Crippen LogP contribution in [0.5, 0.6) is 0 Å². The number of rotatable bonds is 2. The molecule has 2 aromatic rings. The molecular weight excluding hydrogens is 259 g/mol. The van der Waals surface area contributed by atoms with E-state index in [-0.39, 0.29) is 17.7 Å². The van der Waals surface area contributed by atoms with Crippen molar-refractivity contribution in [2.45, 2.75) is 13.1 Å². The topological polar surface area (TPSA) is 39.2 Å². The molecule has 0 radical (unpaired) electrons. The Morgan fingerprint density at radius 1 is 1.32 bits per heavy atom. The minimum Gasteiger partial charge on any atom is -0.462 e. The van der Waals surface area contributed by atoms with Crippen molar-refractivity contribution in [2.75, 3.05) is 6.61 Å². The summed E-state index contributed by atoms with van der Waals surface area (Å²) >= 11 is 0. The number of fused-ring (bicyclic) bond motifs is 1. The van der Waals surface area contributed by atoms with Gasteiger partial charge in [0, 0.05) is 11.6 Å². The SMILES string of the molecule is CCOC(=O)c1cnc2cc(C(F)(F)F)ccc2c1. The lowest BCUT2D eigenvalue weighted by atomic mass is 10.1. The average Bonchev–Trinajstić information content (AvgIpc) is 2.36. The number of nitrogens with zero attached hydrogens (tertiary/aromatic N) is 1. The number of benzene rings is 1. The summed E-state index contributed by atoms with van der Waals surface area (Å²) in [7, 11) is 0. The zero-order valence-electron chi connectivity index (χ0n) is 9.99. The Morgan fingerprint density at radius 3 is 2.68 bits per heavy atom. The van der Waals surface area contributed by atoms with Crippen molar-refractivity contribution >= 4 is 16.9 Å². The second-order valence-corrected chi connectivity index (χ2v) is 3.85. The first kappa shape index (κ1) is 13.3. The molecule has 6 heteroatoms. The molecular formula is C13H10F3NO2. The van der Waals surface area contributed by atoms with Crippen molar-refractivity contribution in [3.05, 3.63) is 41.6 Å². The van der Waals surface area contributed by atoms with Crippen LogP contribution in [0, 0.1) is 0 Å². The highest BCUT2D eigenvalue weighted by atomic mass is 19.4. The minimum atomic E-state index is -4.41. The van der Waals surface area contributed by atoms with Gasteiger partial charge in [-0.05, 0) is 25.1 Å². The first-order chi connectivity index (χ1) is 8.91. The van der Waals surface area contributed by atoms with Gasteiger partial charge in [0.1, 0.15) is 0 Å². The second kappa shape index (κ2) is 4.87. The Labute approximate surface area is 107 Å². The highest BCUT2D eigenvalue weighted by Crippen LogP contribution is 2.31. The van der Waals surface area contributed by atoms with Gasteiger partial charge in [-0.15, -0.1) is 0 Å². The van der Waals surface area contributed by atoms with Crippen LogP contribution < -0.4 is 0 Å². The van der Waals surface area contributed by atoms with Crippen LogP contribution in [0.4, 0.5) is 13.2 Å². The summed E-state index contributed by atoms with van der Waals surface area (Å²) < 4.78 is 42.4. The Hall–Kier alpha value is -2.11. The summed E-state index contributed by atoms with van der Waals surface area (Å²) in [6.45, 7) is 1.89. The quantitative estimate of drug-likeness (QED) is 0.784. The summed E-state index contributed by atoms with van der Waals surface area (Å²) in [6.07, 6.45) is -3.20. The molecule has 1 heterocycles. The fraction of sp³-hybridized carbons (Fsp3) is 0.231. The number of hydrogen-bond donors (Lipinski definition) is 0. The largest absolute Gasteiger partial charge is 0.462 e. The Balaban J connectivity index is 2.43. The lowest BCUT2D eigenvalue weighted by molar-refractivity contribution is -0.137. The highest BCUT2D eigenvalue weighted by molar-refractivity contribution is 5.93. The number of hydrogen-bond acceptors (Lipinski definition) is 3. The number of aromatic nitrogens is 1. The molecule has 0 amide bonds. The molecule has 0 aliphatic carbocycles. The van der Waals surface area contributed by atoms with Crippen LogP contribution >= 0.6 is 0 Å².